The van der Waals surface area contributed by atoms with Gasteiger partial charge in [0, 0.05) is 31.4 Å². The van der Waals surface area contributed by atoms with Crippen LogP contribution in [0.5, 0.6) is 0 Å². The van der Waals surface area contributed by atoms with Crippen LogP contribution >= 0.6 is 0 Å². The van der Waals surface area contributed by atoms with Crippen molar-refractivity contribution in [1.29, 1.82) is 0 Å². The molecule has 2 rings (SSSR count). The molecule has 0 saturated heterocycles. The van der Waals surface area contributed by atoms with Gasteiger partial charge in [0.05, 0.1) is 0 Å². The van der Waals surface area contributed by atoms with Crippen molar-refractivity contribution in [2.24, 2.45) is 17.7 Å². The number of aryl methyl sites for hydroxylation is 1. The smallest absolute Gasteiger partial charge is 0.110 e. The minimum atomic E-state index is 0.366. The maximum atomic E-state index is 5.85. The molecule has 0 amide bonds. The predicted molar refractivity (Wildman–Crippen MR) is 87.7 cm³/mol. The second-order valence-electron chi connectivity index (χ2n) is 6.58. The number of aromatic nitrogens is 2. The fourth-order valence-corrected chi connectivity index (χ4v) is 3.82. The van der Waals surface area contributed by atoms with Crippen molar-refractivity contribution in [3.8, 4) is 0 Å². The zero-order valence-corrected chi connectivity index (χ0v) is 13.7. The number of nitrogens with one attached hydrogen (secondary N) is 1. The second kappa shape index (κ2) is 8.54. The van der Waals surface area contributed by atoms with Gasteiger partial charge in [0.25, 0.3) is 0 Å². The molecule has 120 valence electrons. The van der Waals surface area contributed by atoms with Crippen LogP contribution in [-0.2, 0) is 13.0 Å². The van der Waals surface area contributed by atoms with Crippen LogP contribution in [0.25, 0.3) is 0 Å². The molecule has 1 heterocycles. The van der Waals surface area contributed by atoms with Crippen molar-refractivity contribution in [3.05, 3.63) is 18.2 Å². The van der Waals surface area contributed by atoms with Gasteiger partial charge >= 0.3 is 0 Å². The van der Waals surface area contributed by atoms with Gasteiger partial charge in [-0.15, -0.1) is 0 Å². The van der Waals surface area contributed by atoms with Crippen LogP contribution < -0.4 is 11.3 Å². The van der Waals surface area contributed by atoms with E-state index in [1.54, 1.807) is 0 Å². The normalized spacial score (nSPS) is 24.1. The number of hydrogen-bond acceptors (Lipinski definition) is 3. The summed E-state index contributed by atoms with van der Waals surface area (Å²) in [6.07, 6.45) is 14.2. The molecule has 0 spiro atoms. The first-order valence-electron chi connectivity index (χ1n) is 8.74. The lowest BCUT2D eigenvalue weighted by atomic mass is 9.76. The van der Waals surface area contributed by atoms with Crippen molar-refractivity contribution < 1.29 is 0 Å². The maximum absolute atomic E-state index is 5.85. The first-order chi connectivity index (χ1) is 10.3. The van der Waals surface area contributed by atoms with Gasteiger partial charge in [-0.25, -0.2) is 4.98 Å². The molecule has 1 aromatic rings. The Hall–Kier alpha value is -0.870. The van der Waals surface area contributed by atoms with E-state index in [0.717, 1.165) is 25.3 Å². The SMILES string of the molecule is CCCC1CCC(C(Cc2nccn2CCC)NN)CC1. The maximum Gasteiger partial charge on any atom is 0.110 e. The van der Waals surface area contributed by atoms with Crippen LogP contribution in [0.15, 0.2) is 12.4 Å². The highest BCUT2D eigenvalue weighted by molar-refractivity contribution is 4.97. The quantitative estimate of drug-likeness (QED) is 0.571. The lowest BCUT2D eigenvalue weighted by molar-refractivity contribution is 0.211. The number of nitrogens with zero attached hydrogens (tertiary/aromatic N) is 2. The van der Waals surface area contributed by atoms with Crippen molar-refractivity contribution in [3.63, 3.8) is 0 Å². The molecule has 4 nitrogen and oxygen atoms in total. The first kappa shape index (κ1) is 16.5. The molecule has 3 N–H and O–H groups in total. The number of hydrogen-bond donors (Lipinski definition) is 2. The Bertz CT molecular complexity index is 393. The van der Waals surface area contributed by atoms with E-state index in [0.29, 0.717) is 12.0 Å². The molecule has 0 aliphatic heterocycles. The number of imidazole rings is 1. The third-order valence-electron chi connectivity index (χ3n) is 5.04. The van der Waals surface area contributed by atoms with Gasteiger partial charge in [-0.05, 0) is 31.1 Å². The highest BCUT2D eigenvalue weighted by atomic mass is 15.2. The molecule has 0 bridgehead atoms. The van der Waals surface area contributed by atoms with Gasteiger partial charge < -0.3 is 4.57 Å². The van der Waals surface area contributed by atoms with Crippen molar-refractivity contribution in [2.75, 3.05) is 0 Å². The van der Waals surface area contributed by atoms with Crippen molar-refractivity contribution in [1.82, 2.24) is 15.0 Å². The molecule has 0 aromatic carbocycles. The molecule has 21 heavy (non-hydrogen) atoms. The van der Waals surface area contributed by atoms with E-state index in [4.69, 9.17) is 5.84 Å². The molecule has 1 aliphatic rings. The van der Waals surface area contributed by atoms with Crippen molar-refractivity contribution >= 4 is 0 Å². The third kappa shape index (κ3) is 4.55. The van der Waals surface area contributed by atoms with Crippen LogP contribution in [0, 0.1) is 11.8 Å². The highest BCUT2D eigenvalue weighted by Crippen LogP contribution is 2.33. The third-order valence-corrected chi connectivity index (χ3v) is 5.04. The summed E-state index contributed by atoms with van der Waals surface area (Å²) in [4.78, 5) is 4.53. The molecule has 1 saturated carbocycles. The topological polar surface area (TPSA) is 55.9 Å². The fraction of sp³-hybridized carbons (Fsp3) is 0.824. The van der Waals surface area contributed by atoms with Gasteiger partial charge in [-0.2, -0.15) is 0 Å². The van der Waals surface area contributed by atoms with Gasteiger partial charge in [-0.1, -0.05) is 39.5 Å². The van der Waals surface area contributed by atoms with E-state index in [2.05, 4.69) is 35.0 Å². The van der Waals surface area contributed by atoms with Crippen LogP contribution in [-0.4, -0.2) is 15.6 Å². The standard InChI is InChI=1S/C17H32N4/c1-3-5-14-6-8-15(9-7-14)16(20-18)13-17-19-10-12-21(17)11-4-2/h10,12,14-16,20H,3-9,11,13,18H2,1-2H3. The average Bonchev–Trinajstić information content (AvgIpc) is 2.94. The van der Waals surface area contributed by atoms with Crippen molar-refractivity contribution in [2.45, 2.75) is 77.8 Å². The summed E-state index contributed by atoms with van der Waals surface area (Å²) in [7, 11) is 0. The molecular weight excluding hydrogens is 260 g/mol. The molecule has 1 aliphatic carbocycles. The molecule has 1 atom stereocenters. The first-order valence-corrected chi connectivity index (χ1v) is 8.74. The number of hydrazine groups is 1. The summed E-state index contributed by atoms with van der Waals surface area (Å²) in [6.45, 7) is 5.55. The largest absolute Gasteiger partial charge is 0.335 e. The van der Waals surface area contributed by atoms with E-state index in [9.17, 15) is 0 Å². The zero-order chi connectivity index (χ0) is 15.1. The molecule has 1 unspecified atom stereocenters. The summed E-state index contributed by atoms with van der Waals surface area (Å²) < 4.78 is 2.27. The van der Waals surface area contributed by atoms with Crippen LogP contribution in [0.3, 0.4) is 0 Å². The van der Waals surface area contributed by atoms with Gasteiger partial charge in [0.1, 0.15) is 5.82 Å². The fourth-order valence-electron chi connectivity index (χ4n) is 3.82. The summed E-state index contributed by atoms with van der Waals surface area (Å²) in [5.74, 6) is 8.68. The van der Waals surface area contributed by atoms with Gasteiger partial charge in [0.15, 0.2) is 0 Å². The second-order valence-corrected chi connectivity index (χ2v) is 6.58. The van der Waals surface area contributed by atoms with E-state index < -0.39 is 0 Å². The summed E-state index contributed by atoms with van der Waals surface area (Å²) in [5.41, 5.74) is 3.07. The van der Waals surface area contributed by atoms with Crippen LogP contribution in [0.4, 0.5) is 0 Å². The number of rotatable bonds is 8. The Balaban J connectivity index is 1.90. The van der Waals surface area contributed by atoms with Crippen LogP contribution in [0.2, 0.25) is 0 Å². The highest BCUT2D eigenvalue weighted by Gasteiger charge is 2.27. The monoisotopic (exact) mass is 292 g/mol. The molecule has 4 heteroatoms. The van der Waals surface area contributed by atoms with Gasteiger partial charge in [-0.3, -0.25) is 11.3 Å². The van der Waals surface area contributed by atoms with E-state index in [1.807, 2.05) is 6.20 Å². The zero-order valence-electron chi connectivity index (χ0n) is 13.7. The predicted octanol–water partition coefficient (Wildman–Crippen LogP) is 3.27. The van der Waals surface area contributed by atoms with Gasteiger partial charge in [0.2, 0.25) is 0 Å². The van der Waals surface area contributed by atoms with Crippen LogP contribution in [0.1, 0.15) is 64.6 Å². The summed E-state index contributed by atoms with van der Waals surface area (Å²) in [6, 6.07) is 0.366. The van der Waals surface area contributed by atoms with E-state index in [-0.39, 0.29) is 0 Å². The Morgan fingerprint density at radius 1 is 1.29 bits per heavy atom. The van der Waals surface area contributed by atoms with E-state index in [1.165, 1.54) is 44.3 Å². The summed E-state index contributed by atoms with van der Waals surface area (Å²) in [5, 5.41) is 0. The average molecular weight is 292 g/mol. The lowest BCUT2D eigenvalue weighted by Crippen LogP contribution is -2.44. The minimum Gasteiger partial charge on any atom is -0.335 e. The Labute approximate surface area is 129 Å². The molecule has 1 fully saturated rings. The Morgan fingerprint density at radius 3 is 2.67 bits per heavy atom. The lowest BCUT2D eigenvalue weighted by Gasteiger charge is -2.33. The molecule has 0 radical (unpaired) electrons. The Morgan fingerprint density at radius 2 is 2.05 bits per heavy atom. The van der Waals surface area contributed by atoms with E-state index >= 15 is 0 Å². The number of nitrogens with two attached hydrogens (primary N) is 1. The summed E-state index contributed by atoms with van der Waals surface area (Å²) >= 11 is 0. The molecule has 1 aromatic heterocycles. The molecular formula is C17H32N4. The Kier molecular flexibility index (Phi) is 6.71. The minimum absolute atomic E-state index is 0.366.